The van der Waals surface area contributed by atoms with Crippen LogP contribution in [-0.2, 0) is 5.88 Å². The molecule has 0 spiro atoms. The van der Waals surface area contributed by atoms with Crippen LogP contribution in [0.3, 0.4) is 0 Å². The molecule has 1 rings (SSSR count). The lowest BCUT2D eigenvalue weighted by atomic mass is 10.7. The normalized spacial score (nSPS) is 9.56. The summed E-state index contributed by atoms with van der Waals surface area (Å²) in [7, 11) is 1.55. The van der Waals surface area contributed by atoms with E-state index in [1.165, 1.54) is 11.5 Å². The van der Waals surface area contributed by atoms with Crippen LogP contribution in [0.15, 0.2) is 0 Å². The van der Waals surface area contributed by atoms with Crippen LogP contribution >= 0.6 is 23.1 Å². The van der Waals surface area contributed by atoms with Crippen molar-refractivity contribution >= 4 is 23.1 Å². The Morgan fingerprint density at radius 1 is 1.78 bits per heavy atom. The molecule has 0 unspecified atom stereocenters. The summed E-state index contributed by atoms with van der Waals surface area (Å²) in [6.07, 6.45) is 0. The Bertz CT molecular complexity index is 172. The van der Waals surface area contributed by atoms with Gasteiger partial charge in [0.05, 0.1) is 13.0 Å². The van der Waals surface area contributed by atoms with Crippen molar-refractivity contribution in [2.75, 3.05) is 7.11 Å². The molecule has 0 aromatic carbocycles. The molecule has 1 aromatic rings. The molecule has 3 nitrogen and oxygen atoms in total. The molecule has 9 heavy (non-hydrogen) atoms. The van der Waals surface area contributed by atoms with E-state index < -0.39 is 0 Å². The van der Waals surface area contributed by atoms with Gasteiger partial charge in [-0.3, -0.25) is 0 Å². The van der Waals surface area contributed by atoms with Gasteiger partial charge < -0.3 is 4.74 Å². The molecule has 1 aromatic heterocycles. The number of halogens is 1. The van der Waals surface area contributed by atoms with E-state index in [0.29, 0.717) is 16.9 Å². The summed E-state index contributed by atoms with van der Waals surface area (Å²) in [5.41, 5.74) is 0. The number of rotatable bonds is 2. The number of nitrogens with zero attached hydrogens (tertiary/aromatic N) is 2. The van der Waals surface area contributed by atoms with Gasteiger partial charge in [0, 0.05) is 11.5 Å². The third-order valence-corrected chi connectivity index (χ3v) is 1.70. The highest BCUT2D eigenvalue weighted by atomic mass is 35.5. The molecule has 0 amide bonds. The van der Waals surface area contributed by atoms with Crippen molar-refractivity contribution < 1.29 is 4.74 Å². The van der Waals surface area contributed by atoms with Gasteiger partial charge in [-0.1, -0.05) is 0 Å². The predicted molar refractivity (Wildman–Crippen MR) is 36.0 cm³/mol. The van der Waals surface area contributed by atoms with Crippen LogP contribution in [0.2, 0.25) is 0 Å². The van der Waals surface area contributed by atoms with Gasteiger partial charge in [-0.25, -0.2) is 0 Å². The second-order valence-electron chi connectivity index (χ2n) is 1.31. The molecule has 0 radical (unpaired) electrons. The minimum Gasteiger partial charge on any atom is -0.472 e. The van der Waals surface area contributed by atoms with Gasteiger partial charge in [0.15, 0.2) is 5.82 Å². The Labute approximate surface area is 61.8 Å². The van der Waals surface area contributed by atoms with Crippen LogP contribution < -0.4 is 4.74 Å². The zero-order valence-electron chi connectivity index (χ0n) is 4.80. The van der Waals surface area contributed by atoms with Crippen molar-refractivity contribution in [2.45, 2.75) is 5.88 Å². The van der Waals surface area contributed by atoms with Gasteiger partial charge in [-0.05, 0) is 0 Å². The highest BCUT2D eigenvalue weighted by Gasteiger charge is 1.99. The molecule has 5 heteroatoms. The summed E-state index contributed by atoms with van der Waals surface area (Å²) in [6.45, 7) is 0. The van der Waals surface area contributed by atoms with Gasteiger partial charge in [-0.2, -0.15) is 9.36 Å². The fraction of sp³-hybridized carbons (Fsp3) is 0.500. The summed E-state index contributed by atoms with van der Waals surface area (Å²) in [5, 5.41) is 0.561. The van der Waals surface area contributed by atoms with E-state index in [1.807, 2.05) is 0 Å². The first-order valence-corrected chi connectivity index (χ1v) is 3.60. The first-order valence-electron chi connectivity index (χ1n) is 2.29. The molecule has 0 atom stereocenters. The zero-order chi connectivity index (χ0) is 6.69. The molecule has 0 bridgehead atoms. The predicted octanol–water partition coefficient (Wildman–Crippen LogP) is 1.29. The maximum atomic E-state index is 5.42. The molecule has 0 aliphatic heterocycles. The van der Waals surface area contributed by atoms with E-state index in [0.717, 1.165) is 0 Å². The lowest BCUT2D eigenvalue weighted by Gasteiger charge is -1.84. The fourth-order valence-corrected chi connectivity index (χ4v) is 1.08. The van der Waals surface area contributed by atoms with Crippen LogP contribution in [-0.4, -0.2) is 16.5 Å². The summed E-state index contributed by atoms with van der Waals surface area (Å²) in [4.78, 5) is 3.90. The minimum atomic E-state index is 0.347. The molecule has 1 heterocycles. The number of hydrogen-bond donors (Lipinski definition) is 0. The molecule has 0 aliphatic rings. The lowest BCUT2D eigenvalue weighted by molar-refractivity contribution is 0.411. The van der Waals surface area contributed by atoms with Gasteiger partial charge in [-0.15, -0.1) is 11.6 Å². The Kier molecular flexibility index (Phi) is 2.24. The van der Waals surface area contributed by atoms with E-state index in [2.05, 4.69) is 9.36 Å². The quantitative estimate of drug-likeness (QED) is 0.618. The van der Waals surface area contributed by atoms with Crippen molar-refractivity contribution in [3.63, 3.8) is 0 Å². The molecule has 0 saturated carbocycles. The highest BCUT2D eigenvalue weighted by Crippen LogP contribution is 2.13. The van der Waals surface area contributed by atoms with Gasteiger partial charge in [0.1, 0.15) is 0 Å². The average Bonchev–Trinajstić information content (AvgIpc) is 2.34. The summed E-state index contributed by atoms with van der Waals surface area (Å²) < 4.78 is 8.66. The van der Waals surface area contributed by atoms with Crippen molar-refractivity contribution in [1.29, 1.82) is 0 Å². The fourth-order valence-electron chi connectivity index (χ4n) is 0.375. The Morgan fingerprint density at radius 3 is 2.89 bits per heavy atom. The molecular formula is C4H5ClN2OS. The average molecular weight is 165 g/mol. The van der Waals surface area contributed by atoms with E-state index in [1.54, 1.807) is 7.11 Å². The van der Waals surface area contributed by atoms with Crippen molar-refractivity contribution in [2.24, 2.45) is 0 Å². The first kappa shape index (κ1) is 6.77. The van der Waals surface area contributed by atoms with Crippen molar-refractivity contribution in [3.8, 4) is 5.19 Å². The molecule has 0 aliphatic carbocycles. The maximum absolute atomic E-state index is 5.42. The number of hydrogen-bond acceptors (Lipinski definition) is 4. The van der Waals surface area contributed by atoms with Crippen LogP contribution in [0, 0.1) is 0 Å². The van der Waals surface area contributed by atoms with Gasteiger partial charge in [0.2, 0.25) is 0 Å². The summed E-state index contributed by atoms with van der Waals surface area (Å²) in [6, 6.07) is 0. The second-order valence-corrected chi connectivity index (χ2v) is 2.30. The number of aromatic nitrogens is 2. The molecule has 0 fully saturated rings. The van der Waals surface area contributed by atoms with E-state index in [9.17, 15) is 0 Å². The number of alkyl halides is 1. The molecule has 50 valence electrons. The van der Waals surface area contributed by atoms with Crippen LogP contribution in [0.5, 0.6) is 5.19 Å². The Balaban J connectivity index is 2.74. The lowest BCUT2D eigenvalue weighted by Crippen LogP contribution is -1.82. The van der Waals surface area contributed by atoms with Crippen LogP contribution in [0.25, 0.3) is 0 Å². The molecule has 0 saturated heterocycles. The molecule has 0 N–H and O–H groups in total. The maximum Gasteiger partial charge on any atom is 0.292 e. The SMILES string of the molecule is COc1nc(CCl)ns1. The standard InChI is InChI=1S/C4H5ClN2OS/c1-8-4-6-3(2-5)7-9-4/h2H2,1H3. The summed E-state index contributed by atoms with van der Waals surface area (Å²) >= 11 is 6.63. The van der Waals surface area contributed by atoms with Crippen molar-refractivity contribution in [3.05, 3.63) is 5.82 Å². The van der Waals surface area contributed by atoms with E-state index in [-0.39, 0.29) is 0 Å². The topological polar surface area (TPSA) is 35.0 Å². The zero-order valence-corrected chi connectivity index (χ0v) is 6.37. The van der Waals surface area contributed by atoms with Crippen LogP contribution in [0.1, 0.15) is 5.82 Å². The van der Waals surface area contributed by atoms with Gasteiger partial charge in [0.25, 0.3) is 5.19 Å². The molecular weight excluding hydrogens is 160 g/mol. The first-order chi connectivity index (χ1) is 4.36. The van der Waals surface area contributed by atoms with Crippen molar-refractivity contribution in [1.82, 2.24) is 9.36 Å². The Morgan fingerprint density at radius 2 is 2.56 bits per heavy atom. The summed E-state index contributed by atoms with van der Waals surface area (Å²) in [5.74, 6) is 0.971. The monoisotopic (exact) mass is 164 g/mol. The van der Waals surface area contributed by atoms with E-state index >= 15 is 0 Å². The highest BCUT2D eigenvalue weighted by molar-refractivity contribution is 7.07. The van der Waals surface area contributed by atoms with Gasteiger partial charge >= 0.3 is 0 Å². The largest absolute Gasteiger partial charge is 0.472 e. The third-order valence-electron chi connectivity index (χ3n) is 0.744. The number of methoxy groups -OCH3 is 1. The van der Waals surface area contributed by atoms with Crippen LogP contribution in [0.4, 0.5) is 0 Å². The minimum absolute atomic E-state index is 0.347. The third kappa shape index (κ3) is 1.53. The smallest absolute Gasteiger partial charge is 0.292 e. The Hall–Kier alpha value is -0.350. The second kappa shape index (κ2) is 2.98. The van der Waals surface area contributed by atoms with E-state index in [4.69, 9.17) is 16.3 Å². The number of ether oxygens (including phenoxy) is 1.